The summed E-state index contributed by atoms with van der Waals surface area (Å²) >= 11 is 1.57. The number of thiazole rings is 1. The van der Waals surface area contributed by atoms with Crippen LogP contribution in [0.2, 0.25) is 0 Å². The number of nitrogens with zero attached hydrogens (tertiary/aromatic N) is 1. The first-order chi connectivity index (χ1) is 10.0. The molecule has 5 nitrogen and oxygen atoms in total. The van der Waals surface area contributed by atoms with Crippen LogP contribution < -0.4 is 10.6 Å². The van der Waals surface area contributed by atoms with Crippen molar-refractivity contribution in [2.45, 2.75) is 20.3 Å². The number of aromatic nitrogens is 1. The Bertz CT molecular complexity index is 635. The monoisotopic (exact) mass is 303 g/mol. The van der Waals surface area contributed by atoms with E-state index in [0.717, 1.165) is 28.4 Å². The third-order valence-electron chi connectivity index (χ3n) is 2.76. The Morgan fingerprint density at radius 1 is 1.14 bits per heavy atom. The maximum absolute atomic E-state index is 11.0. The molecule has 0 saturated heterocycles. The van der Waals surface area contributed by atoms with Crippen LogP contribution in [0.25, 0.3) is 10.6 Å². The smallest absolute Gasteiger partial charge is 0.221 e. The van der Waals surface area contributed by atoms with Gasteiger partial charge in [0, 0.05) is 43.4 Å². The highest BCUT2D eigenvalue weighted by Crippen LogP contribution is 2.25. The van der Waals surface area contributed by atoms with Crippen molar-refractivity contribution in [1.82, 2.24) is 10.3 Å². The number of carbonyl (C=O) groups is 2. The fourth-order valence-corrected chi connectivity index (χ4v) is 2.68. The van der Waals surface area contributed by atoms with Crippen LogP contribution >= 0.6 is 11.3 Å². The summed E-state index contributed by atoms with van der Waals surface area (Å²) in [6.07, 6.45) is 0.722. The molecule has 2 rings (SSSR count). The summed E-state index contributed by atoms with van der Waals surface area (Å²) in [7, 11) is 0. The van der Waals surface area contributed by atoms with E-state index in [0.29, 0.717) is 6.54 Å². The van der Waals surface area contributed by atoms with Crippen molar-refractivity contribution >= 4 is 28.8 Å². The van der Waals surface area contributed by atoms with Crippen LogP contribution in [-0.2, 0) is 16.0 Å². The molecule has 6 heteroatoms. The van der Waals surface area contributed by atoms with Gasteiger partial charge in [0.1, 0.15) is 5.01 Å². The van der Waals surface area contributed by atoms with Gasteiger partial charge in [0.2, 0.25) is 11.8 Å². The fourth-order valence-electron chi connectivity index (χ4n) is 1.82. The van der Waals surface area contributed by atoms with Gasteiger partial charge >= 0.3 is 0 Å². The van der Waals surface area contributed by atoms with E-state index in [1.165, 1.54) is 13.8 Å². The summed E-state index contributed by atoms with van der Waals surface area (Å²) in [6.45, 7) is 3.58. The van der Waals surface area contributed by atoms with Gasteiger partial charge in [-0.2, -0.15) is 0 Å². The van der Waals surface area contributed by atoms with Crippen LogP contribution in [0, 0.1) is 0 Å². The van der Waals surface area contributed by atoms with Gasteiger partial charge in [0.15, 0.2) is 0 Å². The summed E-state index contributed by atoms with van der Waals surface area (Å²) in [6, 6.07) is 7.58. The molecule has 1 heterocycles. The third kappa shape index (κ3) is 4.68. The van der Waals surface area contributed by atoms with Crippen molar-refractivity contribution in [3.05, 3.63) is 35.3 Å². The van der Waals surface area contributed by atoms with Crippen LogP contribution in [-0.4, -0.2) is 23.3 Å². The van der Waals surface area contributed by atoms with Gasteiger partial charge in [-0.15, -0.1) is 11.3 Å². The Balaban J connectivity index is 2.00. The van der Waals surface area contributed by atoms with Crippen molar-refractivity contribution in [1.29, 1.82) is 0 Å². The second-order valence-electron chi connectivity index (χ2n) is 4.64. The second-order valence-corrected chi connectivity index (χ2v) is 5.49. The van der Waals surface area contributed by atoms with Crippen molar-refractivity contribution in [3.63, 3.8) is 0 Å². The van der Waals surface area contributed by atoms with Gasteiger partial charge < -0.3 is 10.6 Å². The predicted octanol–water partition coefficient (Wildman–Crippen LogP) is 2.45. The minimum atomic E-state index is -0.0859. The zero-order chi connectivity index (χ0) is 15.2. The molecule has 0 aliphatic heterocycles. The number of rotatable bonds is 5. The van der Waals surface area contributed by atoms with E-state index in [1.54, 1.807) is 11.3 Å². The Kier molecular flexibility index (Phi) is 5.05. The Labute approximate surface area is 127 Å². The molecule has 0 unspecified atom stereocenters. The number of anilines is 1. The van der Waals surface area contributed by atoms with Crippen molar-refractivity contribution < 1.29 is 9.59 Å². The molecule has 21 heavy (non-hydrogen) atoms. The lowest BCUT2D eigenvalue weighted by molar-refractivity contribution is -0.119. The lowest BCUT2D eigenvalue weighted by atomic mass is 10.2. The molecule has 0 aliphatic carbocycles. The highest BCUT2D eigenvalue weighted by atomic mass is 32.1. The van der Waals surface area contributed by atoms with Gasteiger partial charge in [-0.25, -0.2) is 4.98 Å². The molecular weight excluding hydrogens is 286 g/mol. The molecule has 110 valence electrons. The molecule has 2 amide bonds. The van der Waals surface area contributed by atoms with Crippen LogP contribution in [0.3, 0.4) is 0 Å². The van der Waals surface area contributed by atoms with Crippen LogP contribution in [0.15, 0.2) is 29.6 Å². The average molecular weight is 303 g/mol. The maximum atomic E-state index is 11.0. The minimum absolute atomic E-state index is 0.0287. The Hall–Kier alpha value is -2.21. The highest BCUT2D eigenvalue weighted by molar-refractivity contribution is 7.13. The number of hydrogen-bond donors (Lipinski definition) is 2. The molecule has 1 aromatic carbocycles. The topological polar surface area (TPSA) is 71.1 Å². The van der Waals surface area contributed by atoms with E-state index in [9.17, 15) is 9.59 Å². The molecule has 2 aromatic rings. The molecule has 0 atom stereocenters. The number of amides is 2. The van der Waals surface area contributed by atoms with E-state index in [2.05, 4.69) is 15.6 Å². The number of nitrogens with one attached hydrogen (secondary N) is 2. The SMILES string of the molecule is CC(=O)NCCc1csc(-c2ccc(NC(C)=O)cc2)n1. The first-order valence-electron chi connectivity index (χ1n) is 6.61. The van der Waals surface area contributed by atoms with Gasteiger partial charge in [0.25, 0.3) is 0 Å². The zero-order valence-corrected chi connectivity index (χ0v) is 12.8. The molecule has 0 bridgehead atoms. The maximum Gasteiger partial charge on any atom is 0.221 e. The number of benzene rings is 1. The molecular formula is C15H17N3O2S. The van der Waals surface area contributed by atoms with Crippen molar-refractivity contribution in [2.75, 3.05) is 11.9 Å². The van der Waals surface area contributed by atoms with Crippen LogP contribution in [0.1, 0.15) is 19.5 Å². The molecule has 0 aliphatic rings. The summed E-state index contributed by atoms with van der Waals surface area (Å²) in [5, 5.41) is 8.42. The van der Waals surface area contributed by atoms with Gasteiger partial charge in [-0.05, 0) is 24.3 Å². The fraction of sp³-hybridized carbons (Fsp3) is 0.267. The van der Waals surface area contributed by atoms with Gasteiger partial charge in [-0.1, -0.05) is 0 Å². The standard InChI is InChI=1S/C15H17N3O2S/c1-10(19)16-8-7-14-9-21-15(18-14)12-3-5-13(6-4-12)17-11(2)20/h3-6,9H,7-8H2,1-2H3,(H,16,19)(H,17,20). The van der Waals surface area contributed by atoms with E-state index in [1.807, 2.05) is 29.6 Å². The van der Waals surface area contributed by atoms with E-state index < -0.39 is 0 Å². The third-order valence-corrected chi connectivity index (χ3v) is 3.70. The van der Waals surface area contributed by atoms with E-state index in [4.69, 9.17) is 0 Å². The first-order valence-corrected chi connectivity index (χ1v) is 7.49. The normalized spacial score (nSPS) is 10.2. The lowest BCUT2D eigenvalue weighted by Gasteiger charge is -2.02. The van der Waals surface area contributed by atoms with Crippen molar-refractivity contribution in [3.8, 4) is 10.6 Å². The molecule has 2 N–H and O–H groups in total. The Morgan fingerprint density at radius 3 is 2.48 bits per heavy atom. The van der Waals surface area contributed by atoms with Crippen molar-refractivity contribution in [2.24, 2.45) is 0 Å². The van der Waals surface area contributed by atoms with Crippen LogP contribution in [0.4, 0.5) is 5.69 Å². The lowest BCUT2D eigenvalue weighted by Crippen LogP contribution is -2.22. The molecule has 1 aromatic heterocycles. The molecule has 0 radical (unpaired) electrons. The first kappa shape index (κ1) is 15.2. The second kappa shape index (κ2) is 6.99. The highest BCUT2D eigenvalue weighted by Gasteiger charge is 2.05. The van der Waals surface area contributed by atoms with Gasteiger partial charge in [0.05, 0.1) is 5.69 Å². The number of carbonyl (C=O) groups excluding carboxylic acids is 2. The zero-order valence-electron chi connectivity index (χ0n) is 12.0. The average Bonchev–Trinajstić information content (AvgIpc) is 2.87. The summed E-state index contributed by atoms with van der Waals surface area (Å²) in [4.78, 5) is 26.3. The summed E-state index contributed by atoms with van der Waals surface area (Å²) < 4.78 is 0. The Morgan fingerprint density at radius 2 is 1.86 bits per heavy atom. The molecule has 0 spiro atoms. The number of hydrogen-bond acceptors (Lipinski definition) is 4. The molecule has 0 fully saturated rings. The van der Waals surface area contributed by atoms with Crippen LogP contribution in [0.5, 0.6) is 0 Å². The minimum Gasteiger partial charge on any atom is -0.356 e. The molecule has 0 saturated carbocycles. The van der Waals surface area contributed by atoms with Gasteiger partial charge in [-0.3, -0.25) is 9.59 Å². The quantitative estimate of drug-likeness (QED) is 0.891. The summed E-state index contributed by atoms with van der Waals surface area (Å²) in [5.41, 5.74) is 2.75. The largest absolute Gasteiger partial charge is 0.356 e. The summed E-state index contributed by atoms with van der Waals surface area (Å²) in [5.74, 6) is -0.115. The van der Waals surface area contributed by atoms with E-state index >= 15 is 0 Å². The van der Waals surface area contributed by atoms with E-state index in [-0.39, 0.29) is 11.8 Å². The predicted molar refractivity (Wildman–Crippen MR) is 84.2 cm³/mol.